The lowest BCUT2D eigenvalue weighted by Crippen LogP contribution is -2.48. The first-order valence-corrected chi connectivity index (χ1v) is 19.6. The van der Waals surface area contributed by atoms with Gasteiger partial charge in [-0.3, -0.25) is 19.4 Å². The van der Waals surface area contributed by atoms with Crippen LogP contribution in [-0.4, -0.2) is 103 Å². The summed E-state index contributed by atoms with van der Waals surface area (Å²) in [5, 5.41) is 2.96. The van der Waals surface area contributed by atoms with Crippen molar-refractivity contribution in [3.63, 3.8) is 0 Å². The summed E-state index contributed by atoms with van der Waals surface area (Å²) in [4.78, 5) is 41.1. The summed E-state index contributed by atoms with van der Waals surface area (Å²) in [6.45, 7) is 3.09. The van der Waals surface area contributed by atoms with Crippen molar-refractivity contribution in [3.05, 3.63) is 132 Å². The molecule has 0 unspecified atom stereocenters. The Bertz CT molecular complexity index is 2120. The van der Waals surface area contributed by atoms with E-state index in [1.54, 1.807) is 6.20 Å². The second kappa shape index (κ2) is 15.8. The fourth-order valence-electron chi connectivity index (χ4n) is 6.92. The molecule has 0 aliphatic carbocycles. The number of hydrogen-bond donors (Lipinski definition) is 2. The molecule has 0 spiro atoms. The van der Waals surface area contributed by atoms with Crippen LogP contribution in [0.5, 0.6) is 0 Å². The predicted octanol–water partition coefficient (Wildman–Crippen LogP) is 5.43. The van der Waals surface area contributed by atoms with Gasteiger partial charge in [-0.05, 0) is 66.2 Å². The number of nitrogens with one attached hydrogen (secondary N) is 2. The molecular formula is C41H44N6O5S. The summed E-state index contributed by atoms with van der Waals surface area (Å²) in [7, 11) is 0.935. The van der Waals surface area contributed by atoms with Gasteiger partial charge >= 0.3 is 0 Å². The molecule has 11 nitrogen and oxygen atoms in total. The molecule has 2 fully saturated rings. The van der Waals surface area contributed by atoms with Crippen LogP contribution in [0.25, 0.3) is 22.4 Å². The van der Waals surface area contributed by atoms with E-state index in [1.807, 2.05) is 127 Å². The standard InChI is InChI=1S/C41H44N6O5S/c1-45(2)38(33-6-4-3-5-7-33)41(49)47-20-23-52-28-37(47)39-42-26-36(44-39)32-14-10-30(11-15-32)31-12-16-34(17-13-31)40(48)43-35-18-8-29(9-19-35)27-46-21-24-53(50,51)25-22-46/h3-19,26,37-38H,20-25,27-28H2,1-2H3,(H,42,44)(H,43,48)/t37-,38-/m1/s1. The van der Waals surface area contributed by atoms with Crippen molar-refractivity contribution in [2.24, 2.45) is 0 Å². The van der Waals surface area contributed by atoms with Crippen LogP contribution in [0.1, 0.15) is 39.4 Å². The number of morpholine rings is 1. The molecular weight excluding hydrogens is 689 g/mol. The maximum Gasteiger partial charge on any atom is 0.255 e. The largest absolute Gasteiger partial charge is 0.377 e. The number of sulfone groups is 1. The van der Waals surface area contributed by atoms with E-state index in [0.29, 0.717) is 56.5 Å². The number of imidazole rings is 1. The zero-order valence-corrected chi connectivity index (χ0v) is 30.8. The van der Waals surface area contributed by atoms with Gasteiger partial charge in [0.1, 0.15) is 17.9 Å². The first-order valence-electron chi connectivity index (χ1n) is 17.8. The zero-order chi connectivity index (χ0) is 37.0. The summed E-state index contributed by atoms with van der Waals surface area (Å²) >= 11 is 0. The average Bonchev–Trinajstić information content (AvgIpc) is 3.67. The van der Waals surface area contributed by atoms with Crippen LogP contribution in [0.15, 0.2) is 109 Å². The van der Waals surface area contributed by atoms with Crippen molar-refractivity contribution in [1.29, 1.82) is 0 Å². The lowest BCUT2D eigenvalue weighted by atomic mass is 10.0. The molecule has 5 aromatic rings. The number of ether oxygens (including phenoxy) is 1. The molecule has 2 saturated heterocycles. The maximum absolute atomic E-state index is 13.9. The molecule has 0 radical (unpaired) electrons. The number of anilines is 1. The van der Waals surface area contributed by atoms with Crippen LogP contribution in [-0.2, 0) is 25.9 Å². The molecule has 53 heavy (non-hydrogen) atoms. The fraction of sp³-hybridized carbons (Fsp3) is 0.293. The van der Waals surface area contributed by atoms with Crippen LogP contribution >= 0.6 is 0 Å². The van der Waals surface area contributed by atoms with E-state index in [1.165, 1.54) is 0 Å². The Balaban J connectivity index is 0.967. The number of aromatic nitrogens is 2. The van der Waals surface area contributed by atoms with E-state index in [9.17, 15) is 18.0 Å². The van der Waals surface area contributed by atoms with Gasteiger partial charge in [-0.15, -0.1) is 0 Å². The highest BCUT2D eigenvalue weighted by Gasteiger charge is 2.36. The van der Waals surface area contributed by atoms with E-state index in [4.69, 9.17) is 9.72 Å². The Morgan fingerprint density at radius 1 is 0.868 bits per heavy atom. The second-order valence-corrected chi connectivity index (χ2v) is 16.1. The minimum absolute atomic E-state index is 0.0153. The first kappa shape index (κ1) is 36.2. The highest BCUT2D eigenvalue weighted by Crippen LogP contribution is 2.31. The Hall–Kier alpha value is -5.14. The van der Waals surface area contributed by atoms with Crippen LogP contribution in [0.3, 0.4) is 0 Å². The molecule has 0 bridgehead atoms. The minimum Gasteiger partial charge on any atom is -0.377 e. The smallest absolute Gasteiger partial charge is 0.255 e. The fourth-order valence-corrected chi connectivity index (χ4v) is 8.20. The summed E-state index contributed by atoms with van der Waals surface area (Å²) in [5.74, 6) is 0.904. The molecule has 7 rings (SSSR count). The molecule has 12 heteroatoms. The Kier molecular flexibility index (Phi) is 10.8. The lowest BCUT2D eigenvalue weighted by molar-refractivity contribution is -0.145. The SMILES string of the molecule is CN(C)[C@@H](C(=O)N1CCOC[C@@H]1c1ncc(-c2ccc(-c3ccc(C(=O)Nc4ccc(CN5CCS(=O)(=O)CC5)cc4)cc3)cc2)[nH]1)c1ccccc1. The van der Waals surface area contributed by atoms with Gasteiger partial charge in [-0.1, -0.05) is 78.9 Å². The molecule has 2 aliphatic heterocycles. The average molecular weight is 733 g/mol. The van der Waals surface area contributed by atoms with Gasteiger partial charge in [0.15, 0.2) is 9.84 Å². The van der Waals surface area contributed by atoms with Gasteiger partial charge in [-0.2, -0.15) is 0 Å². The number of carbonyl (C=O) groups is 2. The number of rotatable bonds is 10. The van der Waals surface area contributed by atoms with Crippen molar-refractivity contribution in [1.82, 2.24) is 24.7 Å². The van der Waals surface area contributed by atoms with Crippen LogP contribution in [0, 0.1) is 0 Å². The number of benzene rings is 4. The molecule has 4 aromatic carbocycles. The van der Waals surface area contributed by atoms with Crippen LogP contribution in [0.2, 0.25) is 0 Å². The van der Waals surface area contributed by atoms with E-state index in [0.717, 1.165) is 33.5 Å². The lowest BCUT2D eigenvalue weighted by Gasteiger charge is -2.38. The maximum atomic E-state index is 13.9. The van der Waals surface area contributed by atoms with E-state index in [-0.39, 0.29) is 29.4 Å². The monoisotopic (exact) mass is 732 g/mol. The van der Waals surface area contributed by atoms with Crippen LogP contribution < -0.4 is 5.32 Å². The molecule has 2 atom stereocenters. The normalized spacial score (nSPS) is 18.1. The molecule has 0 saturated carbocycles. The second-order valence-electron chi connectivity index (χ2n) is 13.8. The number of aromatic amines is 1. The number of nitrogens with zero attached hydrogens (tertiary/aromatic N) is 4. The van der Waals surface area contributed by atoms with E-state index >= 15 is 0 Å². The summed E-state index contributed by atoms with van der Waals surface area (Å²) in [5.41, 5.74) is 7.06. The predicted molar refractivity (Wildman–Crippen MR) is 206 cm³/mol. The third kappa shape index (κ3) is 8.58. The third-order valence-corrected chi connectivity index (χ3v) is 11.5. The Morgan fingerprint density at radius 3 is 2.17 bits per heavy atom. The highest BCUT2D eigenvalue weighted by molar-refractivity contribution is 7.91. The van der Waals surface area contributed by atoms with Crippen molar-refractivity contribution >= 4 is 27.3 Å². The van der Waals surface area contributed by atoms with Crippen LogP contribution in [0.4, 0.5) is 5.69 Å². The summed E-state index contributed by atoms with van der Waals surface area (Å²) < 4.78 is 29.2. The molecule has 2 amide bonds. The third-order valence-electron chi connectivity index (χ3n) is 9.92. The van der Waals surface area contributed by atoms with Gasteiger partial charge in [0.05, 0.1) is 36.6 Å². The molecule has 2 aliphatic rings. The highest BCUT2D eigenvalue weighted by atomic mass is 32.2. The van der Waals surface area contributed by atoms with Gasteiger partial charge in [-0.25, -0.2) is 13.4 Å². The number of likely N-dealkylation sites (N-methyl/N-ethyl adjacent to an activating group) is 1. The Labute approximate surface area is 310 Å². The first-order chi connectivity index (χ1) is 25.6. The molecule has 3 heterocycles. The number of H-pyrrole nitrogens is 1. The van der Waals surface area contributed by atoms with Gasteiger partial charge < -0.3 is 19.9 Å². The number of hydrogen-bond acceptors (Lipinski definition) is 8. The topological polar surface area (TPSA) is 128 Å². The van der Waals surface area contributed by atoms with Gasteiger partial charge in [0, 0.05) is 37.4 Å². The number of carbonyl (C=O) groups excluding carboxylic acids is 2. The minimum atomic E-state index is -2.91. The van der Waals surface area contributed by atoms with Gasteiger partial charge in [0.2, 0.25) is 5.91 Å². The molecule has 1 aromatic heterocycles. The van der Waals surface area contributed by atoms with Crippen molar-refractivity contribution < 1.29 is 22.7 Å². The Morgan fingerprint density at radius 2 is 1.51 bits per heavy atom. The van der Waals surface area contributed by atoms with Crippen molar-refractivity contribution in [3.8, 4) is 22.4 Å². The number of amides is 2. The quantitative estimate of drug-likeness (QED) is 0.195. The zero-order valence-electron chi connectivity index (χ0n) is 29.9. The van der Waals surface area contributed by atoms with E-state index in [2.05, 4.69) is 15.2 Å². The summed E-state index contributed by atoms with van der Waals surface area (Å²) in [6, 6.07) is 32.4. The molecule has 274 valence electrons. The van der Waals surface area contributed by atoms with Gasteiger partial charge in [0.25, 0.3) is 5.91 Å². The molecule has 2 N–H and O–H groups in total. The van der Waals surface area contributed by atoms with Crippen molar-refractivity contribution in [2.45, 2.75) is 18.6 Å². The van der Waals surface area contributed by atoms with E-state index < -0.39 is 15.9 Å². The summed E-state index contributed by atoms with van der Waals surface area (Å²) in [6.07, 6.45) is 1.80. The van der Waals surface area contributed by atoms with Crippen molar-refractivity contribution in [2.75, 3.05) is 63.8 Å².